The number of piperidine rings is 1. The SMILES string of the molecule is CC(N)C1CCCN(S(=O)(=O)c2cc(Cl)cc(C(F)(F)F)c2)C1.Cl. The molecule has 1 aliphatic heterocycles. The zero-order chi connectivity index (χ0) is 17.4. The van der Waals surface area contributed by atoms with Gasteiger partial charge in [-0.3, -0.25) is 0 Å². The minimum atomic E-state index is -4.66. The van der Waals surface area contributed by atoms with Crippen LogP contribution in [-0.2, 0) is 16.2 Å². The van der Waals surface area contributed by atoms with E-state index < -0.39 is 26.7 Å². The molecule has 1 fully saturated rings. The van der Waals surface area contributed by atoms with Crippen LogP contribution in [0.3, 0.4) is 0 Å². The van der Waals surface area contributed by atoms with Crippen molar-refractivity contribution in [3.05, 3.63) is 28.8 Å². The minimum absolute atomic E-state index is 0. The first-order chi connectivity index (χ1) is 10.5. The molecule has 0 aromatic heterocycles. The molecule has 0 bridgehead atoms. The molecule has 2 N–H and O–H groups in total. The fraction of sp³-hybridized carbons (Fsp3) is 0.571. The normalized spacial score (nSPS) is 21.2. The summed E-state index contributed by atoms with van der Waals surface area (Å²) in [6, 6.07) is 2.19. The molecule has 2 atom stereocenters. The van der Waals surface area contributed by atoms with Crippen molar-refractivity contribution in [2.75, 3.05) is 13.1 Å². The van der Waals surface area contributed by atoms with Gasteiger partial charge in [0.25, 0.3) is 0 Å². The van der Waals surface area contributed by atoms with Gasteiger partial charge in [-0.05, 0) is 43.9 Å². The Kier molecular flexibility index (Phi) is 6.97. The third kappa shape index (κ3) is 4.76. The predicted octanol–water partition coefficient (Wildman–Crippen LogP) is 3.53. The molecule has 24 heavy (non-hydrogen) atoms. The van der Waals surface area contributed by atoms with E-state index in [9.17, 15) is 21.6 Å². The van der Waals surface area contributed by atoms with Gasteiger partial charge in [0.15, 0.2) is 0 Å². The number of hydrogen-bond acceptors (Lipinski definition) is 3. The molecular weight excluding hydrogens is 388 g/mol. The lowest BCUT2D eigenvalue weighted by Gasteiger charge is -2.33. The lowest BCUT2D eigenvalue weighted by atomic mass is 9.93. The molecule has 4 nitrogen and oxygen atoms in total. The van der Waals surface area contributed by atoms with Gasteiger partial charge in [0.2, 0.25) is 10.0 Å². The number of sulfonamides is 1. The van der Waals surface area contributed by atoms with Crippen LogP contribution < -0.4 is 5.73 Å². The molecule has 1 saturated heterocycles. The fourth-order valence-corrected chi connectivity index (χ4v) is 4.55. The molecule has 1 heterocycles. The van der Waals surface area contributed by atoms with Gasteiger partial charge in [-0.2, -0.15) is 17.5 Å². The van der Waals surface area contributed by atoms with Crippen LogP contribution in [0.2, 0.25) is 5.02 Å². The third-order valence-electron chi connectivity index (χ3n) is 4.00. The molecule has 0 radical (unpaired) electrons. The Hall–Kier alpha value is -0.540. The molecule has 0 saturated carbocycles. The Morgan fingerprint density at radius 1 is 1.33 bits per heavy atom. The van der Waals surface area contributed by atoms with Crippen molar-refractivity contribution in [3.8, 4) is 0 Å². The highest BCUT2D eigenvalue weighted by Crippen LogP contribution is 2.34. The molecular formula is C14H19Cl2F3N2O2S. The Labute approximate surface area is 150 Å². The first-order valence-electron chi connectivity index (χ1n) is 7.15. The molecule has 0 spiro atoms. The van der Waals surface area contributed by atoms with Gasteiger partial charge < -0.3 is 5.73 Å². The van der Waals surface area contributed by atoms with Crippen molar-refractivity contribution >= 4 is 34.0 Å². The summed E-state index contributed by atoms with van der Waals surface area (Å²) in [7, 11) is -4.04. The van der Waals surface area contributed by atoms with E-state index in [1.54, 1.807) is 6.92 Å². The topological polar surface area (TPSA) is 63.4 Å². The molecule has 2 unspecified atom stereocenters. The fourth-order valence-electron chi connectivity index (χ4n) is 2.65. The van der Waals surface area contributed by atoms with Gasteiger partial charge in [-0.25, -0.2) is 8.42 Å². The third-order valence-corrected chi connectivity index (χ3v) is 6.06. The standard InChI is InChI=1S/C14H18ClF3N2O2S.ClH/c1-9(19)10-3-2-4-20(8-10)23(21,22)13-6-11(14(16,17)18)5-12(15)7-13;/h5-7,9-10H,2-4,8,19H2,1H3;1H. The number of rotatable bonds is 3. The van der Waals surface area contributed by atoms with E-state index >= 15 is 0 Å². The van der Waals surface area contributed by atoms with E-state index in [4.69, 9.17) is 17.3 Å². The van der Waals surface area contributed by atoms with E-state index in [0.717, 1.165) is 12.5 Å². The average Bonchev–Trinajstić information content (AvgIpc) is 2.45. The second kappa shape index (κ2) is 7.78. The maximum absolute atomic E-state index is 12.9. The number of benzene rings is 1. The van der Waals surface area contributed by atoms with Gasteiger partial charge in [0.05, 0.1) is 10.5 Å². The Morgan fingerprint density at radius 2 is 1.96 bits per heavy atom. The summed E-state index contributed by atoms with van der Waals surface area (Å²) in [5.41, 5.74) is 4.75. The molecule has 10 heteroatoms. The van der Waals surface area contributed by atoms with Crippen molar-refractivity contribution in [1.29, 1.82) is 0 Å². The summed E-state index contributed by atoms with van der Waals surface area (Å²) < 4.78 is 65.1. The van der Waals surface area contributed by atoms with Gasteiger partial charge in [0, 0.05) is 24.2 Å². The Balaban J connectivity index is 0.00000288. The number of nitrogens with zero attached hydrogens (tertiary/aromatic N) is 1. The summed E-state index contributed by atoms with van der Waals surface area (Å²) in [6.45, 7) is 2.26. The smallest absolute Gasteiger partial charge is 0.328 e. The first kappa shape index (κ1) is 21.5. The van der Waals surface area contributed by atoms with E-state index in [-0.39, 0.29) is 42.5 Å². The minimum Gasteiger partial charge on any atom is -0.328 e. The van der Waals surface area contributed by atoms with Crippen LogP contribution in [0.15, 0.2) is 23.1 Å². The summed E-state index contributed by atoms with van der Waals surface area (Å²) in [4.78, 5) is -0.442. The van der Waals surface area contributed by atoms with Crippen molar-refractivity contribution in [2.45, 2.75) is 36.9 Å². The van der Waals surface area contributed by atoms with E-state index in [0.29, 0.717) is 18.6 Å². The summed E-state index contributed by atoms with van der Waals surface area (Å²) in [5.74, 6) is -0.0141. The Bertz CT molecular complexity index is 681. The van der Waals surface area contributed by atoms with Gasteiger partial charge in [-0.1, -0.05) is 11.6 Å². The Morgan fingerprint density at radius 3 is 2.50 bits per heavy atom. The van der Waals surface area contributed by atoms with Crippen LogP contribution in [0, 0.1) is 5.92 Å². The number of halogens is 5. The second-order valence-corrected chi connectivity index (χ2v) is 8.17. The van der Waals surface area contributed by atoms with E-state index in [1.165, 1.54) is 4.31 Å². The van der Waals surface area contributed by atoms with Crippen LogP contribution in [0.5, 0.6) is 0 Å². The van der Waals surface area contributed by atoms with Gasteiger partial charge >= 0.3 is 6.18 Å². The van der Waals surface area contributed by atoms with E-state index in [2.05, 4.69) is 0 Å². The largest absolute Gasteiger partial charge is 0.416 e. The van der Waals surface area contributed by atoms with Crippen molar-refractivity contribution in [3.63, 3.8) is 0 Å². The second-order valence-electron chi connectivity index (χ2n) is 5.80. The number of hydrogen-bond donors (Lipinski definition) is 1. The van der Waals surface area contributed by atoms with Crippen LogP contribution in [0.25, 0.3) is 0 Å². The lowest BCUT2D eigenvalue weighted by molar-refractivity contribution is -0.137. The highest BCUT2D eigenvalue weighted by molar-refractivity contribution is 7.89. The first-order valence-corrected chi connectivity index (χ1v) is 8.97. The summed E-state index contributed by atoms with van der Waals surface area (Å²) in [5, 5.41) is -0.265. The van der Waals surface area contributed by atoms with Crippen molar-refractivity contribution < 1.29 is 21.6 Å². The molecule has 1 aromatic rings. The molecule has 0 amide bonds. The van der Waals surface area contributed by atoms with Crippen LogP contribution in [-0.4, -0.2) is 31.9 Å². The van der Waals surface area contributed by atoms with Crippen LogP contribution in [0.4, 0.5) is 13.2 Å². The monoisotopic (exact) mass is 406 g/mol. The molecule has 1 aromatic carbocycles. The number of alkyl halides is 3. The molecule has 2 rings (SSSR count). The number of nitrogens with two attached hydrogens (primary N) is 1. The lowest BCUT2D eigenvalue weighted by Crippen LogP contribution is -2.45. The maximum atomic E-state index is 12.9. The van der Waals surface area contributed by atoms with Crippen LogP contribution in [0.1, 0.15) is 25.3 Å². The molecule has 0 aliphatic carbocycles. The van der Waals surface area contributed by atoms with Crippen molar-refractivity contribution in [1.82, 2.24) is 4.31 Å². The molecule has 138 valence electrons. The predicted molar refractivity (Wildman–Crippen MR) is 88.8 cm³/mol. The van der Waals surface area contributed by atoms with Crippen LogP contribution >= 0.6 is 24.0 Å². The average molecular weight is 407 g/mol. The highest BCUT2D eigenvalue weighted by Gasteiger charge is 2.35. The van der Waals surface area contributed by atoms with Gasteiger partial charge in [0.1, 0.15) is 0 Å². The zero-order valence-electron chi connectivity index (χ0n) is 12.9. The quantitative estimate of drug-likeness (QED) is 0.834. The van der Waals surface area contributed by atoms with E-state index in [1.807, 2.05) is 0 Å². The van der Waals surface area contributed by atoms with Gasteiger partial charge in [-0.15, -0.1) is 12.4 Å². The summed E-state index contributed by atoms with van der Waals surface area (Å²) >= 11 is 5.68. The highest BCUT2D eigenvalue weighted by atomic mass is 35.5. The molecule has 1 aliphatic rings. The van der Waals surface area contributed by atoms with Crippen molar-refractivity contribution in [2.24, 2.45) is 11.7 Å². The summed E-state index contributed by atoms with van der Waals surface area (Å²) in [6.07, 6.45) is -3.24. The maximum Gasteiger partial charge on any atom is 0.416 e. The zero-order valence-corrected chi connectivity index (χ0v) is 15.3.